The van der Waals surface area contributed by atoms with Gasteiger partial charge in [0, 0.05) is 17.8 Å². The van der Waals surface area contributed by atoms with Crippen molar-refractivity contribution in [3.8, 4) is 0 Å². The van der Waals surface area contributed by atoms with E-state index in [-0.39, 0.29) is 11.3 Å². The molecular formula is C13H20N2O. The smallest absolute Gasteiger partial charge is 0.251 e. The van der Waals surface area contributed by atoms with Gasteiger partial charge in [-0.1, -0.05) is 26.8 Å². The number of anilines is 1. The molecule has 88 valence electrons. The fourth-order valence-corrected chi connectivity index (χ4v) is 1.23. The van der Waals surface area contributed by atoms with Crippen molar-refractivity contribution in [3.63, 3.8) is 0 Å². The first-order valence-corrected chi connectivity index (χ1v) is 5.58. The Balaban J connectivity index is 2.60. The maximum atomic E-state index is 11.8. The van der Waals surface area contributed by atoms with Crippen LogP contribution in [0.1, 0.15) is 37.6 Å². The highest BCUT2D eigenvalue weighted by atomic mass is 16.1. The summed E-state index contributed by atoms with van der Waals surface area (Å²) in [7, 11) is 0. The highest BCUT2D eigenvalue weighted by Gasteiger charge is 2.16. The summed E-state index contributed by atoms with van der Waals surface area (Å²) < 4.78 is 0. The third-order valence-electron chi connectivity index (χ3n) is 2.83. The van der Waals surface area contributed by atoms with E-state index in [2.05, 4.69) is 26.1 Å². The van der Waals surface area contributed by atoms with E-state index in [1.54, 1.807) is 24.3 Å². The van der Waals surface area contributed by atoms with Crippen LogP contribution in [0.15, 0.2) is 24.3 Å². The number of hydrogen-bond acceptors (Lipinski definition) is 2. The quantitative estimate of drug-likeness (QED) is 0.766. The lowest BCUT2D eigenvalue weighted by Crippen LogP contribution is -2.33. The molecule has 0 aliphatic heterocycles. The van der Waals surface area contributed by atoms with Crippen LogP contribution in [0.2, 0.25) is 0 Å². The van der Waals surface area contributed by atoms with Crippen LogP contribution in [0.25, 0.3) is 0 Å². The molecule has 0 atom stereocenters. The average Bonchev–Trinajstić information content (AvgIpc) is 2.26. The Kier molecular flexibility index (Phi) is 3.93. The molecule has 16 heavy (non-hydrogen) atoms. The summed E-state index contributed by atoms with van der Waals surface area (Å²) in [5.74, 6) is -0.0613. The van der Waals surface area contributed by atoms with Gasteiger partial charge in [0.25, 0.3) is 5.91 Å². The summed E-state index contributed by atoms with van der Waals surface area (Å²) in [4.78, 5) is 11.8. The first-order chi connectivity index (χ1) is 7.44. The number of nitrogens with one attached hydrogen (secondary N) is 1. The van der Waals surface area contributed by atoms with Gasteiger partial charge in [-0.3, -0.25) is 4.79 Å². The maximum absolute atomic E-state index is 11.8. The van der Waals surface area contributed by atoms with Crippen molar-refractivity contribution in [2.45, 2.75) is 27.2 Å². The molecule has 0 spiro atoms. The lowest BCUT2D eigenvalue weighted by molar-refractivity contribution is 0.0936. The Morgan fingerprint density at radius 2 is 2.12 bits per heavy atom. The van der Waals surface area contributed by atoms with E-state index in [0.29, 0.717) is 17.8 Å². The van der Waals surface area contributed by atoms with Crippen LogP contribution in [-0.4, -0.2) is 12.5 Å². The number of nitrogen functional groups attached to an aromatic ring is 1. The Morgan fingerprint density at radius 3 is 2.69 bits per heavy atom. The molecule has 0 aliphatic rings. The molecule has 1 rings (SSSR count). The third kappa shape index (κ3) is 3.57. The van der Waals surface area contributed by atoms with Crippen LogP contribution in [0.3, 0.4) is 0 Å². The number of carbonyl (C=O) groups excluding carboxylic acids is 1. The largest absolute Gasteiger partial charge is 0.399 e. The van der Waals surface area contributed by atoms with Crippen LogP contribution in [0.5, 0.6) is 0 Å². The molecule has 1 amide bonds. The van der Waals surface area contributed by atoms with Crippen LogP contribution in [0, 0.1) is 5.41 Å². The second-order valence-corrected chi connectivity index (χ2v) is 4.83. The summed E-state index contributed by atoms with van der Waals surface area (Å²) in [5.41, 5.74) is 6.99. The molecule has 1 aromatic carbocycles. The number of carbonyl (C=O) groups is 1. The highest BCUT2D eigenvalue weighted by Crippen LogP contribution is 2.18. The van der Waals surface area contributed by atoms with Crippen LogP contribution in [-0.2, 0) is 0 Å². The van der Waals surface area contributed by atoms with Gasteiger partial charge in [0.2, 0.25) is 0 Å². The van der Waals surface area contributed by atoms with Gasteiger partial charge in [0.15, 0.2) is 0 Å². The zero-order valence-electron chi connectivity index (χ0n) is 10.2. The normalized spacial score (nSPS) is 11.2. The first kappa shape index (κ1) is 12.6. The van der Waals surface area contributed by atoms with Crippen LogP contribution < -0.4 is 11.1 Å². The van der Waals surface area contributed by atoms with Crippen molar-refractivity contribution in [1.29, 1.82) is 0 Å². The van der Waals surface area contributed by atoms with E-state index in [1.165, 1.54) is 0 Å². The topological polar surface area (TPSA) is 55.1 Å². The maximum Gasteiger partial charge on any atom is 0.251 e. The lowest BCUT2D eigenvalue weighted by Gasteiger charge is -2.22. The third-order valence-corrected chi connectivity index (χ3v) is 2.83. The van der Waals surface area contributed by atoms with E-state index in [4.69, 9.17) is 5.73 Å². The predicted octanol–water partition coefficient (Wildman–Crippen LogP) is 2.43. The van der Waals surface area contributed by atoms with E-state index < -0.39 is 0 Å². The van der Waals surface area contributed by atoms with E-state index in [9.17, 15) is 4.79 Å². The number of rotatable bonds is 4. The molecule has 0 bridgehead atoms. The lowest BCUT2D eigenvalue weighted by atomic mass is 9.90. The summed E-state index contributed by atoms with van der Waals surface area (Å²) in [6.45, 7) is 7.06. The molecule has 1 aromatic rings. The zero-order valence-corrected chi connectivity index (χ0v) is 10.2. The Labute approximate surface area is 97.0 Å². The number of benzene rings is 1. The summed E-state index contributed by atoms with van der Waals surface area (Å²) in [6.07, 6.45) is 1.03. The van der Waals surface area contributed by atoms with Gasteiger partial charge in [0.1, 0.15) is 0 Å². The molecule has 0 radical (unpaired) electrons. The summed E-state index contributed by atoms with van der Waals surface area (Å²) in [5, 5.41) is 2.92. The standard InChI is InChI=1S/C13H20N2O/c1-4-13(2,3)9-15-12(16)10-6-5-7-11(14)8-10/h5-8H,4,9,14H2,1-3H3,(H,15,16). The SMILES string of the molecule is CCC(C)(C)CNC(=O)c1cccc(N)c1. The van der Waals surface area contributed by atoms with Crippen molar-refractivity contribution < 1.29 is 4.79 Å². The van der Waals surface area contributed by atoms with Crippen LogP contribution in [0.4, 0.5) is 5.69 Å². The van der Waals surface area contributed by atoms with Gasteiger partial charge in [-0.05, 0) is 30.0 Å². The van der Waals surface area contributed by atoms with Crippen LogP contribution >= 0.6 is 0 Å². The van der Waals surface area contributed by atoms with Gasteiger partial charge in [-0.2, -0.15) is 0 Å². The molecular weight excluding hydrogens is 200 g/mol. The molecule has 0 fully saturated rings. The minimum Gasteiger partial charge on any atom is -0.399 e. The van der Waals surface area contributed by atoms with Gasteiger partial charge in [-0.25, -0.2) is 0 Å². The van der Waals surface area contributed by atoms with Gasteiger partial charge >= 0.3 is 0 Å². The van der Waals surface area contributed by atoms with Crippen molar-refractivity contribution in [1.82, 2.24) is 5.32 Å². The molecule has 3 nitrogen and oxygen atoms in total. The van der Waals surface area contributed by atoms with Crippen molar-refractivity contribution in [2.75, 3.05) is 12.3 Å². The Morgan fingerprint density at radius 1 is 1.44 bits per heavy atom. The monoisotopic (exact) mass is 220 g/mol. The van der Waals surface area contributed by atoms with Gasteiger partial charge < -0.3 is 11.1 Å². The molecule has 3 N–H and O–H groups in total. The second kappa shape index (κ2) is 5.01. The molecule has 0 saturated carbocycles. The minimum absolute atomic E-state index is 0.0613. The molecule has 0 saturated heterocycles. The molecule has 0 unspecified atom stereocenters. The average molecular weight is 220 g/mol. The number of amides is 1. The van der Waals surface area contributed by atoms with E-state index in [1.807, 2.05) is 0 Å². The van der Waals surface area contributed by atoms with Crippen molar-refractivity contribution in [3.05, 3.63) is 29.8 Å². The molecule has 0 heterocycles. The number of nitrogens with two attached hydrogens (primary N) is 1. The first-order valence-electron chi connectivity index (χ1n) is 5.58. The fraction of sp³-hybridized carbons (Fsp3) is 0.462. The molecule has 3 heteroatoms. The zero-order chi connectivity index (χ0) is 12.2. The Hall–Kier alpha value is -1.51. The van der Waals surface area contributed by atoms with Crippen molar-refractivity contribution >= 4 is 11.6 Å². The summed E-state index contributed by atoms with van der Waals surface area (Å²) in [6, 6.07) is 7.01. The molecule has 0 aliphatic carbocycles. The fourth-order valence-electron chi connectivity index (χ4n) is 1.23. The predicted molar refractivity (Wildman–Crippen MR) is 67.3 cm³/mol. The second-order valence-electron chi connectivity index (χ2n) is 4.83. The van der Waals surface area contributed by atoms with Crippen molar-refractivity contribution in [2.24, 2.45) is 5.41 Å². The molecule has 0 aromatic heterocycles. The Bertz CT molecular complexity index is 372. The minimum atomic E-state index is -0.0613. The van der Waals surface area contributed by atoms with E-state index in [0.717, 1.165) is 6.42 Å². The summed E-state index contributed by atoms with van der Waals surface area (Å²) >= 11 is 0. The van der Waals surface area contributed by atoms with Gasteiger partial charge in [0.05, 0.1) is 0 Å². The van der Waals surface area contributed by atoms with Gasteiger partial charge in [-0.15, -0.1) is 0 Å². The van der Waals surface area contributed by atoms with E-state index >= 15 is 0 Å². The number of hydrogen-bond donors (Lipinski definition) is 2. The highest BCUT2D eigenvalue weighted by molar-refractivity contribution is 5.94.